The van der Waals surface area contributed by atoms with E-state index in [0.29, 0.717) is 16.9 Å². The van der Waals surface area contributed by atoms with Crippen LogP contribution in [0.3, 0.4) is 0 Å². The van der Waals surface area contributed by atoms with Crippen molar-refractivity contribution < 1.29 is 48.5 Å². The number of aliphatic carboxylic acids is 2. The first kappa shape index (κ1) is 49.1. The normalized spacial score (nSPS) is 24.7. The van der Waals surface area contributed by atoms with Crippen molar-refractivity contribution >= 4 is 65.4 Å². The van der Waals surface area contributed by atoms with Crippen molar-refractivity contribution in [3.05, 3.63) is 77.6 Å². The Morgan fingerprint density at radius 1 is 0.714 bits per heavy atom. The molecule has 0 spiro atoms. The van der Waals surface area contributed by atoms with Crippen LogP contribution in [-0.4, -0.2) is 120 Å². The Morgan fingerprint density at radius 2 is 1.14 bits per heavy atom. The van der Waals surface area contributed by atoms with Crippen LogP contribution in [0.2, 0.25) is 0 Å². The second-order valence-corrected chi connectivity index (χ2v) is 20.6. The van der Waals surface area contributed by atoms with Crippen LogP contribution in [-0.2, 0) is 28.8 Å². The summed E-state index contributed by atoms with van der Waals surface area (Å²) in [6, 6.07) is 9.19. The zero-order valence-electron chi connectivity index (χ0n) is 36.8. The van der Waals surface area contributed by atoms with Gasteiger partial charge in [-0.05, 0) is 84.0 Å². The van der Waals surface area contributed by atoms with E-state index >= 15 is 0 Å². The van der Waals surface area contributed by atoms with Crippen LogP contribution in [0.5, 0.6) is 5.75 Å². The molecule has 0 radical (unpaired) electrons. The van der Waals surface area contributed by atoms with Crippen LogP contribution < -0.4 is 26.0 Å². The molecule has 2 aromatic carbocycles. The van der Waals surface area contributed by atoms with Gasteiger partial charge < -0.3 is 46.0 Å². The number of carbonyl (C=O) groups excluding carboxylic acids is 5. The van der Waals surface area contributed by atoms with Crippen LogP contribution in [0.1, 0.15) is 113 Å². The number of amides is 4. The number of fused-ring (bicyclic) bond motifs is 2. The van der Waals surface area contributed by atoms with E-state index in [1.165, 1.54) is 65.4 Å². The number of thioether (sulfide) groups is 2. The van der Waals surface area contributed by atoms with Crippen molar-refractivity contribution in [3.63, 3.8) is 0 Å². The number of carbonyl (C=O) groups is 7. The lowest BCUT2D eigenvalue weighted by Gasteiger charge is -2.44. The number of allylic oxidation sites excluding steroid dienone is 1. The number of likely N-dealkylation sites (N-methyl/N-ethyl adjacent to an activating group) is 2. The topological polar surface area (TPSA) is 224 Å². The van der Waals surface area contributed by atoms with E-state index in [1.54, 1.807) is 58.5 Å². The lowest BCUT2D eigenvalue weighted by atomic mass is 9.95. The van der Waals surface area contributed by atoms with Gasteiger partial charge >= 0.3 is 11.9 Å². The van der Waals surface area contributed by atoms with Gasteiger partial charge in [0.25, 0.3) is 0 Å². The van der Waals surface area contributed by atoms with E-state index in [4.69, 9.17) is 4.74 Å². The molecule has 18 heteroatoms. The minimum absolute atomic E-state index is 0.333. The summed E-state index contributed by atoms with van der Waals surface area (Å²) in [5, 5.41) is 29.7. The van der Waals surface area contributed by atoms with Gasteiger partial charge in [-0.25, -0.2) is 9.59 Å². The predicted octanol–water partition coefficient (Wildman–Crippen LogP) is 4.61. The van der Waals surface area contributed by atoms with Gasteiger partial charge in [0.2, 0.25) is 23.6 Å². The van der Waals surface area contributed by atoms with E-state index in [1.807, 2.05) is 44.2 Å². The SMILES string of the molecule is CCCCCCCC/C=C/Oc1ccc(C(NC)C(=O)NC2C(=O)N3C2SC(C)(C)C3C(=O)O)cc1.CNC(C(=O)NC1C(=O)N2C1SC(C)(C)C2C(=O)O)c1ccc(C=O)cc1. The zero-order chi connectivity index (χ0) is 46.2. The highest BCUT2D eigenvalue weighted by Crippen LogP contribution is 2.52. The van der Waals surface area contributed by atoms with E-state index < -0.39 is 63.1 Å². The Labute approximate surface area is 377 Å². The highest BCUT2D eigenvalue weighted by molar-refractivity contribution is 8.02. The molecule has 16 nitrogen and oxygen atoms in total. The molecule has 6 rings (SSSR count). The summed E-state index contributed by atoms with van der Waals surface area (Å²) in [6.07, 6.45) is 13.0. The highest BCUT2D eigenvalue weighted by atomic mass is 32.2. The number of nitrogens with zero attached hydrogens (tertiary/aromatic N) is 2. The molecule has 63 heavy (non-hydrogen) atoms. The molecule has 4 aliphatic heterocycles. The largest absolute Gasteiger partial charge is 0.480 e. The van der Waals surface area contributed by atoms with E-state index in [0.717, 1.165) is 24.7 Å². The lowest BCUT2D eigenvalue weighted by molar-refractivity contribution is -0.161. The van der Waals surface area contributed by atoms with Crippen molar-refractivity contribution in [2.75, 3.05) is 14.1 Å². The maximum absolute atomic E-state index is 13.0. The number of rotatable bonds is 20. The van der Waals surface area contributed by atoms with Crippen LogP contribution >= 0.6 is 23.5 Å². The fourth-order valence-corrected chi connectivity index (χ4v) is 11.7. The second kappa shape index (κ2) is 21.2. The molecule has 4 aliphatic rings. The van der Waals surface area contributed by atoms with Gasteiger partial charge in [-0.2, -0.15) is 0 Å². The minimum atomic E-state index is -1.04. The third-order valence-electron chi connectivity index (χ3n) is 11.7. The van der Waals surface area contributed by atoms with Crippen LogP contribution in [0, 0.1) is 0 Å². The molecule has 0 aliphatic carbocycles. The summed E-state index contributed by atoms with van der Waals surface area (Å²) in [7, 11) is 3.31. The number of unbranched alkanes of at least 4 members (excludes halogenated alkanes) is 6. The zero-order valence-corrected chi connectivity index (χ0v) is 38.4. The Kier molecular flexibility index (Phi) is 16.5. The fourth-order valence-electron chi connectivity index (χ4n) is 8.41. The highest BCUT2D eigenvalue weighted by Gasteiger charge is 2.65. The number of β-lactam (4-membered cyclic amide) rings is 2. The Bertz CT molecular complexity index is 2030. The molecule has 0 saturated carbocycles. The molecule has 4 fully saturated rings. The molecule has 6 N–H and O–H groups in total. The van der Waals surface area contributed by atoms with Crippen LogP contribution in [0.25, 0.3) is 0 Å². The quantitative estimate of drug-likeness (QED) is 0.0462. The number of carboxylic acids is 2. The minimum Gasteiger partial charge on any atom is -0.480 e. The van der Waals surface area contributed by atoms with Crippen molar-refractivity contribution in [1.29, 1.82) is 0 Å². The van der Waals surface area contributed by atoms with E-state index in [9.17, 15) is 43.8 Å². The molecule has 8 atom stereocenters. The van der Waals surface area contributed by atoms with Crippen LogP contribution in [0.4, 0.5) is 0 Å². The second-order valence-electron chi connectivity index (χ2n) is 17.0. The van der Waals surface area contributed by atoms with E-state index in [2.05, 4.69) is 28.2 Å². The first-order valence-electron chi connectivity index (χ1n) is 21.3. The smallest absolute Gasteiger partial charge is 0.327 e. The van der Waals surface area contributed by atoms with Gasteiger partial charge in [0.15, 0.2) is 0 Å². The van der Waals surface area contributed by atoms with Gasteiger partial charge in [0, 0.05) is 15.1 Å². The van der Waals surface area contributed by atoms with Crippen molar-refractivity contribution in [1.82, 2.24) is 31.1 Å². The predicted molar refractivity (Wildman–Crippen MR) is 241 cm³/mol. The molecular formula is C45H60N6O10S2. The summed E-state index contributed by atoms with van der Waals surface area (Å²) in [5.41, 5.74) is 1.90. The molecule has 4 saturated heterocycles. The van der Waals surface area contributed by atoms with Crippen molar-refractivity contribution in [2.24, 2.45) is 0 Å². The number of ether oxygens (including phenoxy) is 1. The molecule has 342 valence electrons. The van der Waals surface area contributed by atoms with Gasteiger partial charge in [-0.1, -0.05) is 75.4 Å². The third kappa shape index (κ3) is 10.9. The van der Waals surface area contributed by atoms with Crippen molar-refractivity contribution in [2.45, 2.75) is 136 Å². The van der Waals surface area contributed by atoms with Gasteiger partial charge in [0.1, 0.15) is 59.0 Å². The Hall–Kier alpha value is -4.91. The number of benzene rings is 2. The summed E-state index contributed by atoms with van der Waals surface area (Å²) in [4.78, 5) is 87.6. The van der Waals surface area contributed by atoms with Crippen LogP contribution in [0.15, 0.2) is 60.9 Å². The number of nitrogens with one attached hydrogen (secondary N) is 4. The maximum Gasteiger partial charge on any atom is 0.327 e. The molecule has 8 unspecified atom stereocenters. The molecule has 0 bridgehead atoms. The Balaban J connectivity index is 0.000000247. The number of hydrogen-bond acceptors (Lipinski definition) is 12. The lowest BCUT2D eigenvalue weighted by Crippen LogP contribution is -2.71. The fraction of sp³-hybridized carbons (Fsp3) is 0.533. The third-order valence-corrected chi connectivity index (χ3v) is 14.8. The summed E-state index contributed by atoms with van der Waals surface area (Å²) < 4.78 is 4.41. The first-order valence-corrected chi connectivity index (χ1v) is 23.1. The average Bonchev–Trinajstić information content (AvgIpc) is 3.67. The molecule has 4 heterocycles. The Morgan fingerprint density at radius 3 is 1.56 bits per heavy atom. The van der Waals surface area contributed by atoms with Crippen molar-refractivity contribution in [3.8, 4) is 5.75 Å². The average molecular weight is 909 g/mol. The summed E-state index contributed by atoms with van der Waals surface area (Å²) >= 11 is 2.79. The maximum atomic E-state index is 13.0. The molecule has 4 amide bonds. The summed E-state index contributed by atoms with van der Waals surface area (Å²) in [6.45, 7) is 9.41. The van der Waals surface area contributed by atoms with Gasteiger partial charge in [-0.15, -0.1) is 23.5 Å². The number of aldehydes is 1. The van der Waals surface area contributed by atoms with Gasteiger partial charge in [-0.3, -0.25) is 24.0 Å². The molecule has 2 aromatic rings. The first-order chi connectivity index (χ1) is 29.9. The van der Waals surface area contributed by atoms with Gasteiger partial charge in [0.05, 0.1) is 6.26 Å². The van der Waals surface area contributed by atoms with E-state index in [-0.39, 0.29) is 29.0 Å². The number of hydrogen-bond donors (Lipinski definition) is 6. The molecular weight excluding hydrogens is 849 g/mol. The monoisotopic (exact) mass is 908 g/mol. The standard InChI is InChI=1S/C27H39N3O5S.C18H21N3O5S/c1-5-6-7-8-9-10-11-12-17-35-19-15-13-18(14-16-19)20(28-4)23(31)29-21-24(32)30-22(26(33)34)27(2,3)36-25(21)30;1-18(2)13(17(25)26)21-15(24)12(16(21)27-18)20-14(23)11(19-3)10-6-4-9(8-22)5-7-10/h12-17,20-22,25,28H,5-11H2,1-4H3,(H,29,31)(H,33,34);4-8,11-13,16,19H,1-3H3,(H,20,23)(H,25,26)/b17-12+;. The molecule has 0 aromatic heterocycles. The number of carboxylic acid groups (broad SMARTS) is 2. The summed E-state index contributed by atoms with van der Waals surface area (Å²) in [5.74, 6) is -2.85.